The van der Waals surface area contributed by atoms with E-state index in [-0.39, 0.29) is 11.8 Å². The van der Waals surface area contributed by atoms with Gasteiger partial charge in [-0.15, -0.1) is 0 Å². The summed E-state index contributed by atoms with van der Waals surface area (Å²) in [7, 11) is 0. The fourth-order valence-corrected chi connectivity index (χ4v) is 5.28. The van der Waals surface area contributed by atoms with Gasteiger partial charge >= 0.3 is 0 Å². The maximum Gasteiger partial charge on any atom is 0.227 e. The Morgan fingerprint density at radius 3 is 2.54 bits per heavy atom. The van der Waals surface area contributed by atoms with Crippen LogP contribution in [0.15, 0.2) is 91.0 Å². The molecule has 2 heterocycles. The monoisotopic (exact) mass is 491 g/mol. The van der Waals surface area contributed by atoms with Gasteiger partial charge in [0.25, 0.3) is 0 Å². The van der Waals surface area contributed by atoms with Gasteiger partial charge in [-0.1, -0.05) is 60.7 Å². The maximum absolute atomic E-state index is 13.2. The van der Waals surface area contributed by atoms with Crippen LogP contribution in [-0.2, 0) is 11.3 Å². The van der Waals surface area contributed by atoms with E-state index >= 15 is 0 Å². The number of para-hydroxylation sites is 4. The van der Waals surface area contributed by atoms with E-state index in [0.29, 0.717) is 32.7 Å². The number of benzene rings is 4. The van der Waals surface area contributed by atoms with Crippen LogP contribution in [0.25, 0.3) is 21.8 Å². The Bertz CT molecular complexity index is 1570. The van der Waals surface area contributed by atoms with Crippen molar-refractivity contribution >= 4 is 33.4 Å². The third-order valence-corrected chi connectivity index (χ3v) is 6.95. The summed E-state index contributed by atoms with van der Waals surface area (Å²) in [6, 6.07) is 30.3. The molecule has 0 aliphatic carbocycles. The Morgan fingerprint density at radius 2 is 1.62 bits per heavy atom. The number of aromatic nitrogens is 2. The predicted octanol–water partition coefficient (Wildman–Crippen LogP) is 6.19. The molecule has 186 valence electrons. The predicted molar refractivity (Wildman–Crippen MR) is 146 cm³/mol. The van der Waals surface area contributed by atoms with Crippen LogP contribution in [0.5, 0.6) is 11.5 Å². The number of anilines is 1. The van der Waals surface area contributed by atoms with Gasteiger partial charge in [0, 0.05) is 24.3 Å². The molecular weight excluding hydrogens is 462 g/mol. The van der Waals surface area contributed by atoms with E-state index in [9.17, 15) is 4.79 Å². The summed E-state index contributed by atoms with van der Waals surface area (Å²) < 4.78 is 14.3. The number of imidazole rings is 1. The van der Waals surface area contributed by atoms with Gasteiger partial charge in [0.05, 0.1) is 29.9 Å². The van der Waals surface area contributed by atoms with Crippen molar-refractivity contribution in [1.29, 1.82) is 0 Å². The Kier molecular flexibility index (Phi) is 6.23. The van der Waals surface area contributed by atoms with Crippen LogP contribution in [0.2, 0.25) is 0 Å². The molecule has 1 fully saturated rings. The summed E-state index contributed by atoms with van der Waals surface area (Å²) in [5.41, 5.74) is 2.81. The molecule has 6 nitrogen and oxygen atoms in total. The number of ether oxygens (including phenoxy) is 2. The number of hydrogen-bond donors (Lipinski definition) is 0. The average Bonchev–Trinajstić information content (AvgIpc) is 3.50. The lowest BCUT2D eigenvalue weighted by molar-refractivity contribution is -0.117. The number of amides is 1. The summed E-state index contributed by atoms with van der Waals surface area (Å²) in [4.78, 5) is 20.0. The van der Waals surface area contributed by atoms with Crippen molar-refractivity contribution in [2.24, 2.45) is 0 Å². The fourth-order valence-electron chi connectivity index (χ4n) is 5.28. The average molecular weight is 492 g/mol. The molecule has 0 bridgehead atoms. The van der Waals surface area contributed by atoms with Gasteiger partial charge in [-0.2, -0.15) is 0 Å². The SMILES string of the molecule is CCOc1ccccc1N1CC(c2nc3ccccc3n2CCOc2cccc3ccccc23)CC1=O. The number of carbonyl (C=O) groups excluding carboxylic acids is 1. The molecule has 0 radical (unpaired) electrons. The van der Waals surface area contributed by atoms with Crippen LogP contribution in [0.3, 0.4) is 0 Å². The maximum atomic E-state index is 13.2. The zero-order valence-corrected chi connectivity index (χ0v) is 20.8. The lowest BCUT2D eigenvalue weighted by Crippen LogP contribution is -2.25. The Balaban J connectivity index is 1.27. The molecule has 1 aliphatic rings. The minimum atomic E-state index is -0.0212. The van der Waals surface area contributed by atoms with E-state index < -0.39 is 0 Å². The van der Waals surface area contributed by atoms with Crippen LogP contribution < -0.4 is 14.4 Å². The van der Waals surface area contributed by atoms with Gasteiger partial charge in [0.1, 0.15) is 23.9 Å². The molecular formula is C31H29N3O3. The molecule has 1 saturated heterocycles. The normalized spacial score (nSPS) is 15.5. The standard InChI is InChI=1S/C31H29N3O3/c1-2-36-29-16-8-7-15-27(29)34-21-23(20-30(34)35)31-32-25-13-5-6-14-26(25)33(31)18-19-37-28-17-9-11-22-10-3-4-12-24(22)28/h3-17,23H,2,18-21H2,1H3. The molecule has 0 N–H and O–H groups in total. The lowest BCUT2D eigenvalue weighted by atomic mass is 10.1. The topological polar surface area (TPSA) is 56.6 Å². The van der Waals surface area contributed by atoms with E-state index in [1.165, 1.54) is 0 Å². The van der Waals surface area contributed by atoms with Crippen molar-refractivity contribution in [2.45, 2.75) is 25.8 Å². The molecule has 6 heteroatoms. The first-order chi connectivity index (χ1) is 18.2. The molecule has 0 spiro atoms. The Labute approximate surface area is 216 Å². The molecule has 5 aromatic rings. The van der Waals surface area contributed by atoms with Crippen LogP contribution in [0.1, 0.15) is 25.1 Å². The number of carbonyl (C=O) groups is 1. The first-order valence-corrected chi connectivity index (χ1v) is 12.8. The van der Waals surface area contributed by atoms with Gasteiger partial charge < -0.3 is 18.9 Å². The number of fused-ring (bicyclic) bond motifs is 2. The van der Waals surface area contributed by atoms with Crippen molar-refractivity contribution < 1.29 is 14.3 Å². The highest BCUT2D eigenvalue weighted by Crippen LogP contribution is 2.37. The molecule has 0 saturated carbocycles. The summed E-state index contributed by atoms with van der Waals surface area (Å²) in [5.74, 6) is 2.59. The Hall–Kier alpha value is -4.32. The fraction of sp³-hybridized carbons (Fsp3) is 0.226. The first-order valence-electron chi connectivity index (χ1n) is 12.8. The second-order valence-electron chi connectivity index (χ2n) is 9.24. The summed E-state index contributed by atoms with van der Waals surface area (Å²) in [6.07, 6.45) is 0.411. The third kappa shape index (κ3) is 4.40. The van der Waals surface area contributed by atoms with E-state index in [4.69, 9.17) is 14.5 Å². The third-order valence-electron chi connectivity index (χ3n) is 6.95. The summed E-state index contributed by atoms with van der Waals surface area (Å²) >= 11 is 0. The molecule has 1 aliphatic heterocycles. The largest absolute Gasteiger partial charge is 0.492 e. The molecule has 4 aromatic carbocycles. The quantitative estimate of drug-likeness (QED) is 0.260. The van der Waals surface area contributed by atoms with Gasteiger partial charge in [0.2, 0.25) is 5.91 Å². The summed E-state index contributed by atoms with van der Waals surface area (Å²) in [5, 5.41) is 2.26. The van der Waals surface area contributed by atoms with Crippen molar-refractivity contribution in [3.63, 3.8) is 0 Å². The van der Waals surface area contributed by atoms with Crippen LogP contribution in [0, 0.1) is 0 Å². The number of nitrogens with zero attached hydrogens (tertiary/aromatic N) is 3. The number of rotatable bonds is 8. The van der Waals surface area contributed by atoms with E-state index in [0.717, 1.165) is 44.8 Å². The minimum absolute atomic E-state index is 0.0212. The highest BCUT2D eigenvalue weighted by molar-refractivity contribution is 5.98. The minimum Gasteiger partial charge on any atom is -0.492 e. The van der Waals surface area contributed by atoms with E-state index in [1.54, 1.807) is 0 Å². The van der Waals surface area contributed by atoms with Crippen molar-refractivity contribution in [3.05, 3.63) is 96.8 Å². The van der Waals surface area contributed by atoms with Gasteiger partial charge in [0.15, 0.2) is 0 Å². The highest BCUT2D eigenvalue weighted by atomic mass is 16.5. The number of hydrogen-bond acceptors (Lipinski definition) is 4. The molecule has 1 amide bonds. The summed E-state index contributed by atoms with van der Waals surface area (Å²) in [6.45, 7) is 4.21. The van der Waals surface area contributed by atoms with Gasteiger partial charge in [-0.25, -0.2) is 4.98 Å². The highest BCUT2D eigenvalue weighted by Gasteiger charge is 2.36. The zero-order valence-electron chi connectivity index (χ0n) is 20.8. The van der Waals surface area contributed by atoms with Gasteiger partial charge in [-0.05, 0) is 42.6 Å². The van der Waals surface area contributed by atoms with Crippen LogP contribution >= 0.6 is 0 Å². The molecule has 1 unspecified atom stereocenters. The Morgan fingerprint density at radius 1 is 0.865 bits per heavy atom. The zero-order chi connectivity index (χ0) is 25.2. The molecule has 1 atom stereocenters. The second kappa shape index (κ2) is 9.97. The van der Waals surface area contributed by atoms with Crippen LogP contribution in [0.4, 0.5) is 5.69 Å². The first kappa shape index (κ1) is 23.1. The molecule has 6 rings (SSSR count). The molecule has 1 aromatic heterocycles. The van der Waals surface area contributed by atoms with E-state index in [2.05, 4.69) is 28.8 Å². The van der Waals surface area contributed by atoms with Crippen molar-refractivity contribution in [2.75, 3.05) is 24.7 Å². The van der Waals surface area contributed by atoms with Crippen molar-refractivity contribution in [1.82, 2.24) is 9.55 Å². The smallest absolute Gasteiger partial charge is 0.227 e. The molecule has 37 heavy (non-hydrogen) atoms. The van der Waals surface area contributed by atoms with Crippen LogP contribution in [-0.4, -0.2) is 35.2 Å². The second-order valence-corrected chi connectivity index (χ2v) is 9.24. The van der Waals surface area contributed by atoms with Crippen molar-refractivity contribution in [3.8, 4) is 11.5 Å². The van der Waals surface area contributed by atoms with E-state index in [1.807, 2.05) is 78.6 Å². The lowest BCUT2D eigenvalue weighted by Gasteiger charge is -2.20. The van der Waals surface area contributed by atoms with Gasteiger partial charge in [-0.3, -0.25) is 4.79 Å².